The summed E-state index contributed by atoms with van der Waals surface area (Å²) in [6.07, 6.45) is 1.69. The minimum atomic E-state index is -2.59. The predicted octanol–water partition coefficient (Wildman–Crippen LogP) is 5.50. The van der Waals surface area contributed by atoms with Crippen LogP contribution in [0.4, 0.5) is 4.39 Å². The molecule has 0 aliphatic heterocycles. The Kier molecular flexibility index (Phi) is 8.50. The van der Waals surface area contributed by atoms with Crippen molar-refractivity contribution in [2.75, 3.05) is 12.8 Å². The second kappa shape index (κ2) is 11.3. The topological polar surface area (TPSA) is 96.7 Å². The molecule has 0 aliphatic carbocycles. The molecule has 6 nitrogen and oxygen atoms in total. The fourth-order valence-electron chi connectivity index (χ4n) is 3.70. The molecular weight excluding hydrogens is 444 g/mol. The third-order valence-electron chi connectivity index (χ3n) is 5.10. The summed E-state index contributed by atoms with van der Waals surface area (Å²) in [7, 11) is -2.59. The molecule has 0 saturated carbocycles. The lowest BCUT2D eigenvalue weighted by molar-refractivity contribution is -0.138. The SMILES string of the molecule is CC(C)c1c(/C=C/CO[PH](=O)C[C@@H](O)CC(=O)O)c(-c2ccc(F)cc2)nc2ccccc12. The molecular formula is C25H27FNO5P. The second-order valence-electron chi connectivity index (χ2n) is 8.01. The van der Waals surface area contributed by atoms with E-state index in [9.17, 15) is 18.9 Å². The average molecular weight is 471 g/mol. The highest BCUT2D eigenvalue weighted by Crippen LogP contribution is 2.35. The highest BCUT2D eigenvalue weighted by atomic mass is 31.1. The van der Waals surface area contributed by atoms with Crippen LogP contribution in [-0.2, 0) is 13.9 Å². The van der Waals surface area contributed by atoms with E-state index in [1.54, 1.807) is 18.2 Å². The number of benzene rings is 2. The van der Waals surface area contributed by atoms with E-state index in [2.05, 4.69) is 13.8 Å². The summed E-state index contributed by atoms with van der Waals surface area (Å²) in [6.45, 7) is 4.21. The Labute approximate surface area is 192 Å². The van der Waals surface area contributed by atoms with Crippen molar-refractivity contribution in [3.63, 3.8) is 0 Å². The van der Waals surface area contributed by atoms with Crippen LogP contribution in [0.15, 0.2) is 54.6 Å². The summed E-state index contributed by atoms with van der Waals surface area (Å²) in [5.41, 5.74) is 4.27. The van der Waals surface area contributed by atoms with Gasteiger partial charge >= 0.3 is 5.97 Å². The molecule has 1 aromatic heterocycles. The molecule has 0 fully saturated rings. The van der Waals surface area contributed by atoms with E-state index in [4.69, 9.17) is 14.6 Å². The highest BCUT2D eigenvalue weighted by molar-refractivity contribution is 7.39. The number of aromatic nitrogens is 1. The molecule has 2 atom stereocenters. The van der Waals surface area contributed by atoms with E-state index in [0.717, 1.165) is 27.6 Å². The number of pyridine rings is 1. The number of hydrogen-bond acceptors (Lipinski definition) is 5. The van der Waals surface area contributed by atoms with Crippen LogP contribution in [0, 0.1) is 5.82 Å². The number of carboxylic acid groups (broad SMARTS) is 1. The van der Waals surface area contributed by atoms with Crippen molar-refractivity contribution in [3.8, 4) is 11.3 Å². The lowest BCUT2D eigenvalue weighted by Gasteiger charge is -2.18. The highest BCUT2D eigenvalue weighted by Gasteiger charge is 2.17. The van der Waals surface area contributed by atoms with Crippen molar-refractivity contribution in [1.29, 1.82) is 0 Å². The Morgan fingerprint density at radius 1 is 1.18 bits per heavy atom. The van der Waals surface area contributed by atoms with Gasteiger partial charge in [0.25, 0.3) is 0 Å². The predicted molar refractivity (Wildman–Crippen MR) is 128 cm³/mol. The molecule has 0 radical (unpaired) electrons. The third-order valence-corrected chi connectivity index (χ3v) is 6.40. The van der Waals surface area contributed by atoms with Gasteiger partial charge in [-0.25, -0.2) is 9.37 Å². The standard InChI is InChI=1S/C25H27FNO5P/c1-16(2)24-20-6-3-4-8-22(20)27-25(17-9-11-18(26)12-10-17)21(24)7-5-13-32-33(31)15-19(28)14-23(29)30/h3-12,16,19,28,33H,13-15H2,1-2H3,(H,29,30)/b7-5+/t19-/m0/s1. The van der Waals surface area contributed by atoms with Crippen LogP contribution in [0.25, 0.3) is 28.2 Å². The van der Waals surface area contributed by atoms with Gasteiger partial charge < -0.3 is 14.7 Å². The van der Waals surface area contributed by atoms with E-state index in [-0.39, 0.29) is 24.5 Å². The van der Waals surface area contributed by atoms with Crippen molar-refractivity contribution in [2.24, 2.45) is 0 Å². The summed E-state index contributed by atoms with van der Waals surface area (Å²) in [5, 5.41) is 19.3. The quantitative estimate of drug-likeness (QED) is 0.379. The number of para-hydroxylation sites is 1. The number of aliphatic hydroxyl groups excluding tert-OH is 1. The van der Waals surface area contributed by atoms with Crippen LogP contribution >= 0.6 is 8.03 Å². The molecule has 0 saturated heterocycles. The fraction of sp³-hybridized carbons (Fsp3) is 0.280. The zero-order valence-corrected chi connectivity index (χ0v) is 19.5. The number of carbonyl (C=O) groups is 1. The summed E-state index contributed by atoms with van der Waals surface area (Å²) < 4.78 is 30.9. The molecule has 33 heavy (non-hydrogen) atoms. The summed E-state index contributed by atoms with van der Waals surface area (Å²) in [6, 6.07) is 14.0. The maximum absolute atomic E-state index is 13.5. The van der Waals surface area contributed by atoms with Crippen LogP contribution in [0.3, 0.4) is 0 Å². The molecule has 0 amide bonds. The molecule has 0 spiro atoms. The van der Waals surface area contributed by atoms with Gasteiger partial charge in [-0.15, -0.1) is 0 Å². The van der Waals surface area contributed by atoms with Crippen LogP contribution in [0.2, 0.25) is 0 Å². The largest absolute Gasteiger partial charge is 0.481 e. The van der Waals surface area contributed by atoms with Crippen LogP contribution in [-0.4, -0.2) is 40.0 Å². The molecule has 0 aliphatic rings. The molecule has 0 bridgehead atoms. The van der Waals surface area contributed by atoms with Crippen LogP contribution in [0.1, 0.15) is 37.3 Å². The minimum absolute atomic E-state index is 0.0325. The van der Waals surface area contributed by atoms with Gasteiger partial charge in [0, 0.05) is 22.7 Å². The lowest BCUT2D eigenvalue weighted by Crippen LogP contribution is -2.15. The number of halogens is 1. The van der Waals surface area contributed by atoms with Gasteiger partial charge in [-0.3, -0.25) is 9.36 Å². The van der Waals surface area contributed by atoms with Gasteiger partial charge in [-0.05, 0) is 41.8 Å². The first-order valence-electron chi connectivity index (χ1n) is 10.7. The lowest BCUT2D eigenvalue weighted by atomic mass is 9.90. The summed E-state index contributed by atoms with van der Waals surface area (Å²) in [4.78, 5) is 15.5. The van der Waals surface area contributed by atoms with E-state index in [1.165, 1.54) is 12.1 Å². The van der Waals surface area contributed by atoms with Gasteiger partial charge in [-0.2, -0.15) is 0 Å². The molecule has 8 heteroatoms. The Bertz CT molecular complexity index is 1180. The van der Waals surface area contributed by atoms with E-state index >= 15 is 0 Å². The van der Waals surface area contributed by atoms with Gasteiger partial charge in [0.15, 0.2) is 8.03 Å². The first-order chi connectivity index (χ1) is 15.8. The van der Waals surface area contributed by atoms with Gasteiger partial charge in [0.2, 0.25) is 0 Å². The number of aliphatic carboxylic acids is 1. The third kappa shape index (κ3) is 6.57. The van der Waals surface area contributed by atoms with E-state index < -0.39 is 26.5 Å². The zero-order chi connectivity index (χ0) is 24.0. The van der Waals surface area contributed by atoms with Gasteiger partial charge in [-0.1, -0.05) is 44.2 Å². The first-order valence-corrected chi connectivity index (χ1v) is 12.2. The normalized spacial score (nSPS) is 13.6. The van der Waals surface area contributed by atoms with Crippen molar-refractivity contribution < 1.29 is 28.5 Å². The summed E-state index contributed by atoms with van der Waals surface area (Å²) in [5.74, 6) is -1.32. The number of carboxylic acids is 1. The van der Waals surface area contributed by atoms with Gasteiger partial charge in [0.05, 0.1) is 30.3 Å². The molecule has 3 rings (SSSR count). The second-order valence-corrected chi connectivity index (χ2v) is 9.45. The van der Waals surface area contributed by atoms with Crippen molar-refractivity contribution in [3.05, 3.63) is 71.6 Å². The van der Waals surface area contributed by atoms with Crippen LogP contribution in [0.5, 0.6) is 0 Å². The fourth-order valence-corrected chi connectivity index (χ4v) is 4.63. The molecule has 174 valence electrons. The minimum Gasteiger partial charge on any atom is -0.481 e. The van der Waals surface area contributed by atoms with E-state index in [1.807, 2.05) is 30.3 Å². The maximum atomic E-state index is 13.5. The Morgan fingerprint density at radius 3 is 2.55 bits per heavy atom. The Morgan fingerprint density at radius 2 is 1.88 bits per heavy atom. The summed E-state index contributed by atoms with van der Waals surface area (Å²) >= 11 is 0. The van der Waals surface area contributed by atoms with E-state index in [0.29, 0.717) is 5.69 Å². The number of rotatable bonds is 10. The Balaban J connectivity index is 1.92. The zero-order valence-electron chi connectivity index (χ0n) is 18.5. The van der Waals surface area contributed by atoms with Crippen molar-refractivity contribution in [1.82, 2.24) is 4.98 Å². The van der Waals surface area contributed by atoms with Crippen molar-refractivity contribution >= 4 is 31.0 Å². The monoisotopic (exact) mass is 471 g/mol. The number of aliphatic hydroxyl groups is 1. The number of nitrogens with zero attached hydrogens (tertiary/aromatic N) is 1. The van der Waals surface area contributed by atoms with Crippen LogP contribution < -0.4 is 0 Å². The molecule has 1 heterocycles. The Hall–Kier alpha value is -2.86. The first kappa shape index (κ1) is 24.8. The smallest absolute Gasteiger partial charge is 0.305 e. The maximum Gasteiger partial charge on any atom is 0.305 e. The van der Waals surface area contributed by atoms with Gasteiger partial charge in [0.1, 0.15) is 5.82 Å². The molecule has 2 N–H and O–H groups in total. The molecule has 2 aromatic carbocycles. The molecule has 3 aromatic rings. The van der Waals surface area contributed by atoms with Crippen molar-refractivity contribution in [2.45, 2.75) is 32.3 Å². The average Bonchev–Trinajstić information content (AvgIpc) is 2.75. The number of hydrogen-bond donors (Lipinski definition) is 2. The molecule has 1 unspecified atom stereocenters. The number of fused-ring (bicyclic) bond motifs is 1.